The van der Waals surface area contributed by atoms with E-state index in [0.717, 1.165) is 0 Å². The van der Waals surface area contributed by atoms with E-state index in [1.807, 2.05) is 0 Å². The minimum atomic E-state index is -3.18. The van der Waals surface area contributed by atoms with Gasteiger partial charge in [0.1, 0.15) is 30.5 Å². The second kappa shape index (κ2) is 5.64. The first kappa shape index (κ1) is 16.2. The third-order valence-electron chi connectivity index (χ3n) is 3.04. The predicted molar refractivity (Wildman–Crippen MR) is 56.5 cm³/mol. The summed E-state index contributed by atoms with van der Waals surface area (Å²) in [6.45, 7) is -0.877. The van der Waals surface area contributed by atoms with Gasteiger partial charge in [-0.2, -0.15) is 0 Å². The van der Waals surface area contributed by atoms with Gasteiger partial charge < -0.3 is 46.2 Å². The van der Waals surface area contributed by atoms with E-state index < -0.39 is 54.9 Å². The molecule has 1 aliphatic heterocycles. The number of ether oxygens (including phenoxy) is 1. The van der Waals surface area contributed by atoms with Gasteiger partial charge in [-0.05, 0) is 0 Å². The first-order valence-electron chi connectivity index (χ1n) is 5.39. The first-order valence-corrected chi connectivity index (χ1v) is 5.39. The van der Waals surface area contributed by atoms with Crippen LogP contribution >= 0.6 is 0 Å². The van der Waals surface area contributed by atoms with E-state index in [1.54, 1.807) is 0 Å². The van der Waals surface area contributed by atoms with Gasteiger partial charge in [0.25, 0.3) is 5.79 Å². The summed E-state index contributed by atoms with van der Waals surface area (Å²) < 4.78 is 4.61. The lowest BCUT2D eigenvalue weighted by Crippen LogP contribution is -2.72. The molecule has 1 aliphatic rings. The molecule has 7 atom stereocenters. The smallest absolute Gasteiger partial charge is 0.367 e. The molecule has 0 aromatic rings. The molecule has 0 saturated carbocycles. The van der Waals surface area contributed by atoms with Crippen LogP contribution in [0.2, 0.25) is 0 Å². The van der Waals surface area contributed by atoms with Gasteiger partial charge in [-0.1, -0.05) is 0 Å². The third kappa shape index (κ3) is 2.70. The van der Waals surface area contributed by atoms with Crippen LogP contribution < -0.4 is 5.73 Å². The van der Waals surface area contributed by atoms with E-state index in [9.17, 15) is 30.3 Å². The topological polar surface area (TPSA) is 194 Å². The summed E-state index contributed by atoms with van der Waals surface area (Å²) in [4.78, 5) is 10.9. The summed E-state index contributed by atoms with van der Waals surface area (Å²) in [5.41, 5.74) is 5.44. The van der Waals surface area contributed by atoms with Crippen molar-refractivity contribution in [2.24, 2.45) is 5.73 Å². The summed E-state index contributed by atoms with van der Waals surface area (Å²) >= 11 is 0. The van der Waals surface area contributed by atoms with Crippen LogP contribution in [0.15, 0.2) is 0 Å². The summed E-state index contributed by atoms with van der Waals surface area (Å²) in [6, 6.07) is -1.48. The van der Waals surface area contributed by atoms with Crippen molar-refractivity contribution in [3.05, 3.63) is 0 Å². The number of hydrogen-bond donors (Lipinski definition) is 8. The van der Waals surface area contributed by atoms with Gasteiger partial charge in [-0.15, -0.1) is 0 Å². The van der Waals surface area contributed by atoms with Crippen molar-refractivity contribution in [3.8, 4) is 0 Å². The Hall–Kier alpha value is -0.850. The molecule has 1 rings (SSSR count). The largest absolute Gasteiger partial charge is 0.477 e. The van der Waals surface area contributed by atoms with Gasteiger partial charge >= 0.3 is 5.97 Å². The van der Waals surface area contributed by atoms with Crippen LogP contribution in [0.4, 0.5) is 0 Å². The van der Waals surface area contributed by atoms with Crippen molar-refractivity contribution in [1.29, 1.82) is 0 Å². The van der Waals surface area contributed by atoms with Crippen molar-refractivity contribution in [1.82, 2.24) is 0 Å². The fourth-order valence-corrected chi connectivity index (χ4v) is 1.79. The van der Waals surface area contributed by atoms with Crippen molar-refractivity contribution in [3.63, 3.8) is 0 Å². The predicted octanol–water partition coefficient (Wildman–Crippen LogP) is -5.08. The van der Waals surface area contributed by atoms with Gasteiger partial charge in [-0.3, -0.25) is 0 Å². The normalized spacial score (nSPS) is 42.7. The Morgan fingerprint density at radius 3 is 2.32 bits per heavy atom. The number of aliphatic hydroxyl groups excluding tert-OH is 5. The number of aliphatic hydroxyl groups is 6. The lowest BCUT2D eigenvalue weighted by Gasteiger charge is -2.45. The van der Waals surface area contributed by atoms with Crippen LogP contribution in [0, 0.1) is 0 Å². The maximum absolute atomic E-state index is 10.9. The lowest BCUT2D eigenvalue weighted by molar-refractivity contribution is -0.330. The van der Waals surface area contributed by atoms with E-state index in [4.69, 9.17) is 15.9 Å². The van der Waals surface area contributed by atoms with Gasteiger partial charge in [0.05, 0.1) is 12.6 Å². The summed E-state index contributed by atoms with van der Waals surface area (Å²) in [6.07, 6.45) is -9.46. The van der Waals surface area contributed by atoms with E-state index in [1.165, 1.54) is 0 Å². The second-order valence-electron chi connectivity index (χ2n) is 4.34. The Morgan fingerprint density at radius 2 is 1.89 bits per heavy atom. The van der Waals surface area contributed by atoms with E-state index >= 15 is 0 Å². The molecule has 1 heterocycles. The molecule has 0 radical (unpaired) electrons. The minimum absolute atomic E-state index is 0.877. The number of nitrogens with two attached hydrogens (primary N) is 1. The number of rotatable bonds is 4. The molecule has 19 heavy (non-hydrogen) atoms. The highest BCUT2D eigenvalue weighted by atomic mass is 16.7. The standard InChI is InChI=1S/C9H17NO9/c10-3-5(14)7(15)9(18,8(16)17)19-6(3)4(13)2(12)1-11/h2-7,11-15,18H,1,10H2,(H,16,17)/t2-,3-,4-,5-,6-,7?,9?/m0/s1. The minimum Gasteiger partial charge on any atom is -0.477 e. The maximum Gasteiger partial charge on any atom is 0.367 e. The van der Waals surface area contributed by atoms with Crippen molar-refractivity contribution in [2.45, 2.75) is 42.3 Å². The Kier molecular flexibility index (Phi) is 4.81. The molecule has 0 amide bonds. The molecule has 1 fully saturated rings. The SMILES string of the molecule is N[C@@H]1[C@@H]([C@@H](O)[C@@H](O)CO)OC(O)(C(=O)O)C(O)[C@H]1O. The monoisotopic (exact) mass is 283 g/mol. The van der Waals surface area contributed by atoms with E-state index in [0.29, 0.717) is 0 Å². The number of hydrogen-bond acceptors (Lipinski definition) is 9. The molecule has 0 aromatic heterocycles. The van der Waals surface area contributed by atoms with Crippen molar-refractivity contribution in [2.75, 3.05) is 6.61 Å². The molecule has 0 aliphatic carbocycles. The maximum atomic E-state index is 10.9. The van der Waals surface area contributed by atoms with Gasteiger partial charge in [0.15, 0.2) is 0 Å². The Labute approximate surface area is 107 Å². The average Bonchev–Trinajstić information content (AvgIpc) is 2.38. The van der Waals surface area contributed by atoms with E-state index in [-0.39, 0.29) is 0 Å². The molecule has 10 nitrogen and oxygen atoms in total. The molecular formula is C9H17NO9. The third-order valence-corrected chi connectivity index (χ3v) is 3.04. The molecule has 0 bridgehead atoms. The number of carbonyl (C=O) groups is 1. The molecule has 0 aromatic carbocycles. The first-order chi connectivity index (χ1) is 8.66. The van der Waals surface area contributed by atoms with E-state index in [2.05, 4.69) is 4.74 Å². The van der Waals surface area contributed by atoms with Crippen LogP contribution in [0.1, 0.15) is 0 Å². The quantitative estimate of drug-likeness (QED) is 0.247. The second-order valence-corrected chi connectivity index (χ2v) is 4.34. The highest BCUT2D eigenvalue weighted by Crippen LogP contribution is 2.29. The summed E-state index contributed by atoms with van der Waals surface area (Å²) in [5, 5.41) is 65.0. The Balaban J connectivity index is 3.04. The van der Waals surface area contributed by atoms with Crippen LogP contribution in [-0.2, 0) is 9.53 Å². The Morgan fingerprint density at radius 1 is 1.37 bits per heavy atom. The lowest BCUT2D eigenvalue weighted by atomic mass is 9.87. The van der Waals surface area contributed by atoms with Crippen LogP contribution in [0.3, 0.4) is 0 Å². The Bertz CT molecular complexity index is 336. The van der Waals surface area contributed by atoms with Crippen LogP contribution in [0.25, 0.3) is 0 Å². The molecule has 9 N–H and O–H groups in total. The van der Waals surface area contributed by atoms with Gasteiger partial charge in [0.2, 0.25) is 0 Å². The van der Waals surface area contributed by atoms with Crippen molar-refractivity contribution >= 4 is 5.97 Å². The summed E-state index contributed by atoms with van der Waals surface area (Å²) in [5.74, 6) is -5.18. The molecule has 0 spiro atoms. The highest BCUT2D eigenvalue weighted by Gasteiger charge is 2.58. The number of aliphatic carboxylic acids is 1. The van der Waals surface area contributed by atoms with Crippen LogP contribution in [0.5, 0.6) is 0 Å². The van der Waals surface area contributed by atoms with Gasteiger partial charge in [-0.25, -0.2) is 4.79 Å². The molecule has 1 saturated heterocycles. The number of carboxylic acid groups (broad SMARTS) is 1. The zero-order valence-corrected chi connectivity index (χ0v) is 9.70. The number of carboxylic acids is 1. The molecular weight excluding hydrogens is 266 g/mol. The van der Waals surface area contributed by atoms with Crippen molar-refractivity contribution < 1.29 is 45.3 Å². The zero-order valence-electron chi connectivity index (χ0n) is 9.70. The molecule has 112 valence electrons. The molecule has 2 unspecified atom stereocenters. The van der Waals surface area contributed by atoms with Crippen LogP contribution in [-0.4, -0.2) is 90.7 Å². The molecule has 10 heteroatoms. The van der Waals surface area contributed by atoms with Gasteiger partial charge in [0, 0.05) is 0 Å². The average molecular weight is 283 g/mol. The fraction of sp³-hybridized carbons (Fsp3) is 0.889. The summed E-state index contributed by atoms with van der Waals surface area (Å²) in [7, 11) is 0. The fourth-order valence-electron chi connectivity index (χ4n) is 1.79. The highest BCUT2D eigenvalue weighted by molar-refractivity contribution is 5.76. The zero-order chi connectivity index (χ0) is 15.0.